The van der Waals surface area contributed by atoms with Crippen molar-refractivity contribution in [2.24, 2.45) is 0 Å². The van der Waals surface area contributed by atoms with Crippen LogP contribution in [0.1, 0.15) is 16.0 Å². The predicted octanol–water partition coefficient (Wildman–Crippen LogP) is 5.65. The number of hydrogen-bond donors (Lipinski definition) is 1. The molecule has 0 aliphatic carbocycles. The largest absolute Gasteiger partial charge is 0.489 e. The Kier molecular flexibility index (Phi) is 5.36. The third-order valence-corrected chi connectivity index (χ3v) is 6.64. The third-order valence-electron chi connectivity index (χ3n) is 4.97. The van der Waals surface area contributed by atoms with Crippen molar-refractivity contribution < 1.29 is 14.3 Å². The molecule has 7 heteroatoms. The molecule has 0 unspecified atom stereocenters. The number of amides is 2. The van der Waals surface area contributed by atoms with Crippen molar-refractivity contribution in [3.63, 3.8) is 0 Å². The van der Waals surface area contributed by atoms with Crippen LogP contribution in [0.3, 0.4) is 0 Å². The van der Waals surface area contributed by atoms with Gasteiger partial charge in [0.15, 0.2) is 0 Å². The van der Waals surface area contributed by atoms with E-state index < -0.39 is 0 Å². The number of benzene rings is 2. The Balaban J connectivity index is 1.52. The molecule has 5 rings (SSSR count). The number of rotatable bonds is 6. The second kappa shape index (κ2) is 8.45. The molecule has 0 bridgehead atoms. The van der Waals surface area contributed by atoms with Gasteiger partial charge < -0.3 is 9.30 Å². The number of nitrogens with one attached hydrogen (secondary N) is 1. The fourth-order valence-corrected chi connectivity index (χ4v) is 4.89. The molecule has 1 aliphatic rings. The van der Waals surface area contributed by atoms with Crippen LogP contribution in [0.2, 0.25) is 0 Å². The number of imide groups is 1. The molecule has 0 saturated carbocycles. The van der Waals surface area contributed by atoms with Crippen LogP contribution in [0.15, 0.2) is 77.1 Å². The van der Waals surface area contributed by atoms with Crippen LogP contribution < -0.4 is 10.1 Å². The van der Waals surface area contributed by atoms with Gasteiger partial charge in [0.05, 0.1) is 11.4 Å². The van der Waals surface area contributed by atoms with E-state index in [2.05, 4.69) is 21.3 Å². The SMILES string of the molecule is O=C1NC(=O)/C(=C/c2cn(Cc3cccs3)c3ccc(OCc4ccccc4)cc23)S1. The van der Waals surface area contributed by atoms with Crippen molar-refractivity contribution in [2.75, 3.05) is 0 Å². The number of thiophene rings is 1. The second-order valence-corrected chi connectivity index (χ2v) is 9.14. The Morgan fingerprint density at radius 1 is 1.03 bits per heavy atom. The van der Waals surface area contributed by atoms with Gasteiger partial charge in [0.25, 0.3) is 11.1 Å². The highest BCUT2D eigenvalue weighted by molar-refractivity contribution is 8.18. The first-order chi connectivity index (χ1) is 15.2. The highest BCUT2D eigenvalue weighted by Gasteiger charge is 2.25. The van der Waals surface area contributed by atoms with E-state index in [1.807, 2.05) is 60.8 Å². The molecular weight excluding hydrogens is 428 g/mol. The molecule has 1 fully saturated rings. The molecule has 1 aliphatic heterocycles. The average molecular weight is 447 g/mol. The molecule has 4 aromatic rings. The molecule has 2 aromatic carbocycles. The normalized spacial score (nSPS) is 15.0. The maximum absolute atomic E-state index is 12.1. The second-order valence-electron chi connectivity index (χ2n) is 7.10. The number of carbonyl (C=O) groups excluding carboxylic acids is 2. The summed E-state index contributed by atoms with van der Waals surface area (Å²) in [6, 6.07) is 20.1. The molecule has 0 spiro atoms. The van der Waals surface area contributed by atoms with E-state index in [1.165, 1.54) is 4.88 Å². The van der Waals surface area contributed by atoms with Gasteiger partial charge in [0.2, 0.25) is 0 Å². The van der Waals surface area contributed by atoms with E-state index in [0.717, 1.165) is 46.1 Å². The molecular formula is C24H18N2O3S2. The predicted molar refractivity (Wildman–Crippen MR) is 125 cm³/mol. The van der Waals surface area contributed by atoms with Crippen LogP contribution in [-0.2, 0) is 17.9 Å². The zero-order chi connectivity index (χ0) is 21.2. The first kappa shape index (κ1) is 19.7. The zero-order valence-corrected chi connectivity index (χ0v) is 18.0. The van der Waals surface area contributed by atoms with Crippen LogP contribution in [0.4, 0.5) is 4.79 Å². The first-order valence-electron chi connectivity index (χ1n) is 9.72. The minimum Gasteiger partial charge on any atom is -0.489 e. The van der Waals surface area contributed by atoms with Crippen LogP contribution in [-0.4, -0.2) is 15.7 Å². The summed E-state index contributed by atoms with van der Waals surface area (Å²) in [5, 5.41) is 5.01. The van der Waals surface area contributed by atoms with Crippen molar-refractivity contribution in [1.29, 1.82) is 0 Å². The van der Waals surface area contributed by atoms with E-state index in [-0.39, 0.29) is 11.1 Å². The zero-order valence-electron chi connectivity index (χ0n) is 16.4. The number of nitrogens with zero attached hydrogens (tertiary/aromatic N) is 1. The lowest BCUT2D eigenvalue weighted by Gasteiger charge is -2.08. The molecule has 0 radical (unpaired) electrons. The Hall–Kier alpha value is -3.29. The summed E-state index contributed by atoms with van der Waals surface area (Å²) < 4.78 is 8.17. The third kappa shape index (κ3) is 4.28. The van der Waals surface area contributed by atoms with Crippen LogP contribution in [0.5, 0.6) is 5.75 Å². The van der Waals surface area contributed by atoms with Crippen molar-refractivity contribution in [3.05, 3.63) is 93.1 Å². The standard InChI is InChI=1S/C24H18N2O3S2/c27-23-22(31-24(28)25-23)11-17-13-26(14-19-7-4-10-30-19)21-9-8-18(12-20(17)21)29-15-16-5-2-1-3-6-16/h1-13H,14-15H2,(H,25,27,28)/b22-11-. The van der Waals surface area contributed by atoms with Crippen LogP contribution >= 0.6 is 23.1 Å². The van der Waals surface area contributed by atoms with Gasteiger partial charge in [-0.15, -0.1) is 11.3 Å². The fourth-order valence-electron chi connectivity index (χ4n) is 3.51. The Morgan fingerprint density at radius 3 is 2.65 bits per heavy atom. The molecule has 5 nitrogen and oxygen atoms in total. The maximum atomic E-state index is 12.1. The quantitative estimate of drug-likeness (QED) is 0.389. The summed E-state index contributed by atoms with van der Waals surface area (Å²) in [6.07, 6.45) is 3.80. The van der Waals surface area contributed by atoms with Gasteiger partial charge >= 0.3 is 0 Å². The average Bonchev–Trinajstić information content (AvgIpc) is 3.48. The van der Waals surface area contributed by atoms with E-state index in [1.54, 1.807) is 17.4 Å². The Labute approximate surface area is 187 Å². The number of ether oxygens (including phenoxy) is 1. The lowest BCUT2D eigenvalue weighted by atomic mass is 10.1. The molecule has 2 aromatic heterocycles. The van der Waals surface area contributed by atoms with Crippen LogP contribution in [0, 0.1) is 0 Å². The summed E-state index contributed by atoms with van der Waals surface area (Å²) in [7, 11) is 0. The van der Waals surface area contributed by atoms with E-state index >= 15 is 0 Å². The Morgan fingerprint density at radius 2 is 1.90 bits per heavy atom. The Bertz CT molecular complexity index is 1290. The number of hydrogen-bond acceptors (Lipinski definition) is 5. The van der Waals surface area contributed by atoms with E-state index in [9.17, 15) is 9.59 Å². The van der Waals surface area contributed by atoms with Gasteiger partial charge in [0.1, 0.15) is 12.4 Å². The minimum absolute atomic E-state index is 0.342. The lowest BCUT2D eigenvalue weighted by Crippen LogP contribution is -2.17. The van der Waals surface area contributed by atoms with Crippen LogP contribution in [0.25, 0.3) is 17.0 Å². The number of carbonyl (C=O) groups is 2. The van der Waals surface area contributed by atoms with Gasteiger partial charge in [-0.3, -0.25) is 14.9 Å². The highest BCUT2D eigenvalue weighted by atomic mass is 32.2. The van der Waals surface area contributed by atoms with Crippen molar-refractivity contribution in [1.82, 2.24) is 9.88 Å². The molecule has 1 N–H and O–H groups in total. The van der Waals surface area contributed by atoms with Crippen molar-refractivity contribution in [3.8, 4) is 5.75 Å². The van der Waals surface area contributed by atoms with Crippen molar-refractivity contribution in [2.45, 2.75) is 13.2 Å². The van der Waals surface area contributed by atoms with Gasteiger partial charge in [-0.05, 0) is 53.0 Å². The summed E-state index contributed by atoms with van der Waals surface area (Å²) >= 11 is 2.63. The first-order valence-corrected chi connectivity index (χ1v) is 11.4. The summed E-state index contributed by atoms with van der Waals surface area (Å²) in [6.45, 7) is 1.21. The number of fused-ring (bicyclic) bond motifs is 1. The topological polar surface area (TPSA) is 60.3 Å². The van der Waals surface area contributed by atoms with E-state index in [0.29, 0.717) is 11.5 Å². The van der Waals surface area contributed by atoms with Gasteiger partial charge in [-0.1, -0.05) is 36.4 Å². The minimum atomic E-state index is -0.356. The summed E-state index contributed by atoms with van der Waals surface area (Å²) in [5.74, 6) is 0.398. The molecule has 154 valence electrons. The van der Waals surface area contributed by atoms with Gasteiger partial charge in [-0.2, -0.15) is 0 Å². The van der Waals surface area contributed by atoms with Crippen molar-refractivity contribution >= 4 is 51.2 Å². The lowest BCUT2D eigenvalue weighted by molar-refractivity contribution is -0.115. The molecule has 31 heavy (non-hydrogen) atoms. The van der Waals surface area contributed by atoms with Gasteiger partial charge in [0, 0.05) is 27.5 Å². The smallest absolute Gasteiger partial charge is 0.290 e. The van der Waals surface area contributed by atoms with E-state index in [4.69, 9.17) is 4.74 Å². The molecule has 3 heterocycles. The van der Waals surface area contributed by atoms with Gasteiger partial charge in [-0.25, -0.2) is 0 Å². The molecule has 0 atom stereocenters. The molecule has 2 amide bonds. The summed E-state index contributed by atoms with van der Waals surface area (Å²) in [5.41, 5.74) is 3.02. The highest BCUT2D eigenvalue weighted by Crippen LogP contribution is 2.32. The monoisotopic (exact) mass is 446 g/mol. The fraction of sp³-hybridized carbons (Fsp3) is 0.0833. The summed E-state index contributed by atoms with van der Waals surface area (Å²) in [4.78, 5) is 25.3. The maximum Gasteiger partial charge on any atom is 0.290 e. The molecule has 1 saturated heterocycles. The number of thioether (sulfide) groups is 1. The number of aromatic nitrogens is 1.